The summed E-state index contributed by atoms with van der Waals surface area (Å²) in [7, 11) is -1.76. The highest BCUT2D eigenvalue weighted by atomic mass is 79.9. The van der Waals surface area contributed by atoms with E-state index in [0.29, 0.717) is 33.0 Å². The fraction of sp³-hybridized carbons (Fsp3) is 0.217. The lowest BCUT2D eigenvalue weighted by atomic mass is 10.3. The molecule has 1 heterocycles. The Balaban J connectivity index is 1.46. The van der Waals surface area contributed by atoms with Crippen molar-refractivity contribution in [3.63, 3.8) is 0 Å². The number of ether oxygens (including phenoxy) is 2. The Labute approximate surface area is 211 Å². The molecule has 0 aromatic heterocycles. The molecule has 1 N–H and O–H groups in total. The van der Waals surface area contributed by atoms with E-state index >= 15 is 0 Å². The summed E-state index contributed by atoms with van der Waals surface area (Å²) in [5, 5.41) is 0.886. The van der Waals surface area contributed by atoms with E-state index in [4.69, 9.17) is 32.7 Å². The van der Waals surface area contributed by atoms with Crippen LogP contribution in [-0.4, -0.2) is 39.6 Å². The van der Waals surface area contributed by atoms with Crippen LogP contribution < -0.4 is 14.2 Å². The molecule has 0 saturated carbocycles. The van der Waals surface area contributed by atoms with Gasteiger partial charge in [0, 0.05) is 29.2 Å². The summed E-state index contributed by atoms with van der Waals surface area (Å²) >= 11 is 15.4. The first-order chi connectivity index (χ1) is 15.7. The normalized spacial score (nSPS) is 16.5. The maximum atomic E-state index is 12.9. The molecule has 174 valence electrons. The Morgan fingerprint density at radius 1 is 1.00 bits per heavy atom. The number of anilines is 1. The van der Waals surface area contributed by atoms with Gasteiger partial charge in [-0.15, -0.1) is 0 Å². The summed E-state index contributed by atoms with van der Waals surface area (Å²) in [6.45, 7) is 1.80. The van der Waals surface area contributed by atoms with Crippen LogP contribution in [0.5, 0.6) is 17.2 Å². The summed E-state index contributed by atoms with van der Waals surface area (Å²) in [4.78, 5) is 2.29. The third kappa shape index (κ3) is 6.33. The largest absolute Gasteiger partial charge is 0.488 e. The predicted octanol–water partition coefficient (Wildman–Crippen LogP) is 6.43. The van der Waals surface area contributed by atoms with Crippen LogP contribution in [-0.2, 0) is 10.0 Å². The molecule has 0 radical (unpaired) electrons. The zero-order valence-corrected chi connectivity index (χ0v) is 21.5. The molecule has 33 heavy (non-hydrogen) atoms. The Hall–Kier alpha value is -1.97. The standard InChI is InChI=1S/C23H21BrCl2N2O4S/c1-28-9-8-19(14-28)32-23-13-17(2-7-22(23)24)27-33(29,30)21-5-3-18(4-6-21)31-20-11-15(25)10-16(26)12-20/h2-7,10-13,19,27H,8-9,14H2,1H3/t19-/m1/s1. The van der Waals surface area contributed by atoms with Crippen LogP contribution in [0.2, 0.25) is 10.0 Å². The Morgan fingerprint density at radius 3 is 2.33 bits per heavy atom. The minimum atomic E-state index is -3.81. The van der Waals surface area contributed by atoms with Crippen molar-refractivity contribution in [2.45, 2.75) is 17.4 Å². The van der Waals surface area contributed by atoms with Gasteiger partial charge in [0.15, 0.2) is 0 Å². The molecule has 1 aliphatic rings. The lowest BCUT2D eigenvalue weighted by Crippen LogP contribution is -2.21. The number of nitrogens with zero attached hydrogens (tertiary/aromatic N) is 1. The molecule has 0 unspecified atom stereocenters. The second-order valence-electron chi connectivity index (χ2n) is 7.72. The van der Waals surface area contributed by atoms with Crippen molar-refractivity contribution in [3.05, 3.63) is 75.2 Å². The van der Waals surface area contributed by atoms with Crippen molar-refractivity contribution >= 4 is 54.8 Å². The zero-order chi connectivity index (χ0) is 23.6. The van der Waals surface area contributed by atoms with Gasteiger partial charge < -0.3 is 14.4 Å². The van der Waals surface area contributed by atoms with E-state index in [9.17, 15) is 8.42 Å². The molecule has 6 nitrogen and oxygen atoms in total. The van der Waals surface area contributed by atoms with Gasteiger partial charge in [-0.25, -0.2) is 8.42 Å². The average molecular weight is 572 g/mol. The summed E-state index contributed by atoms with van der Waals surface area (Å²) in [5.74, 6) is 1.50. The fourth-order valence-corrected chi connectivity index (χ4v) is 5.35. The van der Waals surface area contributed by atoms with Gasteiger partial charge in [0.2, 0.25) is 0 Å². The first kappa shape index (κ1) is 24.2. The molecular formula is C23H21BrCl2N2O4S. The third-order valence-electron chi connectivity index (χ3n) is 5.03. The maximum absolute atomic E-state index is 12.9. The first-order valence-electron chi connectivity index (χ1n) is 10.1. The molecule has 4 rings (SSSR count). The van der Waals surface area contributed by atoms with E-state index in [1.807, 2.05) is 7.05 Å². The molecule has 0 bridgehead atoms. The smallest absolute Gasteiger partial charge is 0.261 e. The van der Waals surface area contributed by atoms with Crippen LogP contribution in [0.1, 0.15) is 6.42 Å². The summed E-state index contributed by atoms with van der Waals surface area (Å²) in [5.41, 5.74) is 0.411. The number of hydrogen-bond donors (Lipinski definition) is 1. The van der Waals surface area contributed by atoms with Crippen LogP contribution in [0.15, 0.2) is 70.0 Å². The van der Waals surface area contributed by atoms with Crippen molar-refractivity contribution in [1.82, 2.24) is 4.90 Å². The number of halogens is 3. The number of likely N-dealkylation sites (N-methyl/N-ethyl adjacent to an activating group) is 1. The predicted molar refractivity (Wildman–Crippen MR) is 134 cm³/mol. The third-order valence-corrected chi connectivity index (χ3v) is 7.52. The molecule has 1 saturated heterocycles. The highest BCUT2D eigenvalue weighted by Crippen LogP contribution is 2.32. The molecule has 1 atom stereocenters. The van der Waals surface area contributed by atoms with Gasteiger partial charge in [0.1, 0.15) is 23.4 Å². The lowest BCUT2D eigenvalue weighted by Gasteiger charge is -2.16. The number of benzene rings is 3. The molecule has 1 aliphatic heterocycles. The Kier molecular flexibility index (Phi) is 7.40. The highest BCUT2D eigenvalue weighted by Gasteiger charge is 2.22. The van der Waals surface area contributed by atoms with E-state index < -0.39 is 10.0 Å². The van der Waals surface area contributed by atoms with Crippen molar-refractivity contribution in [2.24, 2.45) is 0 Å². The number of likely N-dealkylation sites (tertiary alicyclic amines) is 1. The first-order valence-corrected chi connectivity index (χ1v) is 13.1. The molecule has 10 heteroatoms. The van der Waals surface area contributed by atoms with Crippen molar-refractivity contribution in [2.75, 3.05) is 24.9 Å². The molecule has 3 aromatic carbocycles. The summed E-state index contributed by atoms with van der Waals surface area (Å²) < 4.78 is 41.0. The highest BCUT2D eigenvalue weighted by molar-refractivity contribution is 9.10. The number of sulfonamides is 1. The van der Waals surface area contributed by atoms with Crippen LogP contribution in [0.25, 0.3) is 0 Å². The summed E-state index contributed by atoms with van der Waals surface area (Å²) in [6.07, 6.45) is 0.995. The SMILES string of the molecule is CN1CC[C@@H](Oc2cc(NS(=O)(=O)c3ccc(Oc4cc(Cl)cc(Cl)c4)cc3)ccc2Br)C1. The topological polar surface area (TPSA) is 67.9 Å². The van der Waals surface area contributed by atoms with E-state index in [2.05, 4.69) is 25.6 Å². The van der Waals surface area contributed by atoms with Gasteiger partial charge in [-0.3, -0.25) is 4.72 Å². The average Bonchev–Trinajstić information content (AvgIpc) is 3.14. The number of rotatable bonds is 7. The van der Waals surface area contributed by atoms with Gasteiger partial charge >= 0.3 is 0 Å². The van der Waals surface area contributed by atoms with Crippen LogP contribution in [0, 0.1) is 0 Å². The van der Waals surface area contributed by atoms with E-state index in [0.717, 1.165) is 24.0 Å². The number of hydrogen-bond acceptors (Lipinski definition) is 5. The molecule has 0 amide bonds. The zero-order valence-electron chi connectivity index (χ0n) is 17.6. The number of nitrogens with one attached hydrogen (secondary N) is 1. The van der Waals surface area contributed by atoms with E-state index in [-0.39, 0.29) is 11.0 Å². The Morgan fingerprint density at radius 2 is 1.70 bits per heavy atom. The van der Waals surface area contributed by atoms with Crippen LogP contribution in [0.4, 0.5) is 5.69 Å². The fourth-order valence-electron chi connectivity index (χ4n) is 3.45. The molecule has 0 spiro atoms. The summed E-state index contributed by atoms with van der Waals surface area (Å²) in [6, 6.07) is 16.0. The van der Waals surface area contributed by atoms with E-state index in [1.165, 1.54) is 12.1 Å². The lowest BCUT2D eigenvalue weighted by molar-refractivity contribution is 0.207. The maximum Gasteiger partial charge on any atom is 0.261 e. The van der Waals surface area contributed by atoms with Crippen LogP contribution >= 0.6 is 39.1 Å². The van der Waals surface area contributed by atoms with Gasteiger partial charge in [-0.1, -0.05) is 23.2 Å². The van der Waals surface area contributed by atoms with Gasteiger partial charge in [0.25, 0.3) is 10.0 Å². The van der Waals surface area contributed by atoms with Crippen molar-refractivity contribution in [3.8, 4) is 17.2 Å². The second-order valence-corrected chi connectivity index (χ2v) is 11.1. The molecule has 0 aliphatic carbocycles. The van der Waals surface area contributed by atoms with Gasteiger partial charge in [-0.2, -0.15) is 0 Å². The molecule has 1 fully saturated rings. The monoisotopic (exact) mass is 570 g/mol. The van der Waals surface area contributed by atoms with Gasteiger partial charge in [-0.05, 0) is 84.0 Å². The van der Waals surface area contributed by atoms with Crippen molar-refractivity contribution < 1.29 is 17.9 Å². The molecular weight excluding hydrogens is 551 g/mol. The van der Waals surface area contributed by atoms with Crippen molar-refractivity contribution in [1.29, 1.82) is 0 Å². The quantitative estimate of drug-likeness (QED) is 0.354. The minimum Gasteiger partial charge on any atom is -0.488 e. The minimum absolute atomic E-state index is 0.0695. The van der Waals surface area contributed by atoms with E-state index in [1.54, 1.807) is 48.5 Å². The Bertz CT molecular complexity index is 1240. The van der Waals surface area contributed by atoms with Crippen LogP contribution in [0.3, 0.4) is 0 Å². The second kappa shape index (κ2) is 10.1. The van der Waals surface area contributed by atoms with Gasteiger partial charge in [0.05, 0.1) is 15.1 Å². The molecule has 3 aromatic rings.